The summed E-state index contributed by atoms with van der Waals surface area (Å²) in [7, 11) is 1.58. The van der Waals surface area contributed by atoms with Crippen LogP contribution >= 0.6 is 11.6 Å². The number of esters is 1. The highest BCUT2D eigenvalue weighted by Crippen LogP contribution is 2.33. The summed E-state index contributed by atoms with van der Waals surface area (Å²) in [6, 6.07) is 18.5. The van der Waals surface area contributed by atoms with Crippen LogP contribution in [0.1, 0.15) is 15.9 Å². The van der Waals surface area contributed by atoms with E-state index in [0.29, 0.717) is 22.0 Å². The van der Waals surface area contributed by atoms with Crippen LogP contribution in [0, 0.1) is 0 Å². The van der Waals surface area contributed by atoms with Gasteiger partial charge in [-0.3, -0.25) is 0 Å². The average molecular weight is 354 g/mol. The summed E-state index contributed by atoms with van der Waals surface area (Å²) in [4.78, 5) is 16.6. The number of carbonyl (C=O) groups excluding carboxylic acids is 1. The third-order valence-electron chi connectivity index (χ3n) is 3.70. The summed E-state index contributed by atoms with van der Waals surface area (Å²) in [6.45, 7) is 0.188. The lowest BCUT2D eigenvalue weighted by Gasteiger charge is -2.13. The summed E-state index contributed by atoms with van der Waals surface area (Å²) >= 11 is 6.04. The molecule has 0 atom stereocenters. The number of para-hydroxylation sites is 1. The number of hydrogen-bond donors (Lipinski definition) is 0. The van der Waals surface area contributed by atoms with Crippen LogP contribution in [0.2, 0.25) is 5.15 Å². The number of carbonyl (C=O) groups is 1. The van der Waals surface area contributed by atoms with Crippen LogP contribution in [0.4, 0.5) is 0 Å². The number of rotatable bonds is 5. The highest BCUT2D eigenvalue weighted by atomic mass is 35.5. The lowest BCUT2D eigenvalue weighted by Crippen LogP contribution is -2.08. The number of nitrogens with zero attached hydrogens (tertiary/aromatic N) is 1. The molecule has 0 aliphatic heterocycles. The van der Waals surface area contributed by atoms with Crippen molar-refractivity contribution in [2.24, 2.45) is 0 Å². The second kappa shape index (κ2) is 7.81. The maximum absolute atomic E-state index is 12.6. The molecule has 3 rings (SSSR count). The molecule has 126 valence electrons. The minimum atomic E-state index is -0.464. The number of methoxy groups -OCH3 is 1. The van der Waals surface area contributed by atoms with E-state index >= 15 is 0 Å². The molecule has 0 bridgehead atoms. The van der Waals surface area contributed by atoms with Crippen LogP contribution in [-0.4, -0.2) is 18.1 Å². The second-order valence-corrected chi connectivity index (χ2v) is 5.70. The maximum Gasteiger partial charge on any atom is 0.340 e. The van der Waals surface area contributed by atoms with Gasteiger partial charge in [0.1, 0.15) is 17.5 Å². The number of hydrogen-bond acceptors (Lipinski definition) is 4. The van der Waals surface area contributed by atoms with Crippen molar-refractivity contribution in [3.8, 4) is 16.9 Å². The lowest BCUT2D eigenvalue weighted by atomic mass is 10.0. The zero-order valence-corrected chi connectivity index (χ0v) is 14.4. The molecule has 1 heterocycles. The van der Waals surface area contributed by atoms with Gasteiger partial charge in [0.15, 0.2) is 0 Å². The van der Waals surface area contributed by atoms with Gasteiger partial charge in [-0.15, -0.1) is 0 Å². The van der Waals surface area contributed by atoms with Gasteiger partial charge in [0.05, 0.1) is 12.7 Å². The standard InChI is InChI=1S/C20H16ClNO3/c1-24-18-10-6-5-9-15(18)16-11-19(21)22-12-17(16)20(23)25-13-14-7-3-2-4-8-14/h2-12H,13H2,1H3. The van der Waals surface area contributed by atoms with Crippen molar-refractivity contribution in [3.05, 3.63) is 83.1 Å². The van der Waals surface area contributed by atoms with E-state index in [-0.39, 0.29) is 6.61 Å². The van der Waals surface area contributed by atoms with Gasteiger partial charge in [-0.1, -0.05) is 60.1 Å². The Hall–Kier alpha value is -2.85. The molecule has 2 aromatic carbocycles. The van der Waals surface area contributed by atoms with Crippen LogP contribution in [0.5, 0.6) is 5.75 Å². The van der Waals surface area contributed by atoms with Crippen LogP contribution in [0.3, 0.4) is 0 Å². The summed E-state index contributed by atoms with van der Waals surface area (Å²) in [6.07, 6.45) is 1.43. The SMILES string of the molecule is COc1ccccc1-c1cc(Cl)ncc1C(=O)OCc1ccccc1. The van der Waals surface area contributed by atoms with Crippen molar-refractivity contribution in [2.45, 2.75) is 6.61 Å². The Bertz CT molecular complexity index is 881. The van der Waals surface area contributed by atoms with Crippen molar-refractivity contribution in [1.29, 1.82) is 0 Å². The first-order valence-corrected chi connectivity index (χ1v) is 8.07. The molecule has 0 saturated carbocycles. The fourth-order valence-electron chi connectivity index (χ4n) is 2.48. The summed E-state index contributed by atoms with van der Waals surface area (Å²) in [5, 5.41) is 0.292. The van der Waals surface area contributed by atoms with Gasteiger partial charge in [0.25, 0.3) is 0 Å². The quantitative estimate of drug-likeness (QED) is 0.490. The van der Waals surface area contributed by atoms with Gasteiger partial charge in [0, 0.05) is 17.3 Å². The number of halogens is 1. The molecule has 0 aliphatic carbocycles. The Kier molecular flexibility index (Phi) is 5.31. The highest BCUT2D eigenvalue weighted by molar-refractivity contribution is 6.29. The predicted molar refractivity (Wildman–Crippen MR) is 96.8 cm³/mol. The topological polar surface area (TPSA) is 48.4 Å². The van der Waals surface area contributed by atoms with Gasteiger partial charge in [-0.25, -0.2) is 9.78 Å². The van der Waals surface area contributed by atoms with E-state index in [1.54, 1.807) is 13.2 Å². The summed E-state index contributed by atoms with van der Waals surface area (Å²) in [5.74, 6) is 0.177. The van der Waals surface area contributed by atoms with Crippen LogP contribution in [-0.2, 0) is 11.3 Å². The number of ether oxygens (including phenoxy) is 2. The van der Waals surface area contributed by atoms with E-state index in [4.69, 9.17) is 21.1 Å². The smallest absolute Gasteiger partial charge is 0.340 e. The Balaban J connectivity index is 1.92. The van der Waals surface area contributed by atoms with Crippen molar-refractivity contribution in [1.82, 2.24) is 4.98 Å². The third-order valence-corrected chi connectivity index (χ3v) is 3.91. The van der Waals surface area contributed by atoms with E-state index in [1.165, 1.54) is 6.20 Å². The largest absolute Gasteiger partial charge is 0.496 e. The van der Waals surface area contributed by atoms with Gasteiger partial charge in [-0.2, -0.15) is 0 Å². The normalized spacial score (nSPS) is 10.3. The van der Waals surface area contributed by atoms with Crippen LogP contribution in [0.25, 0.3) is 11.1 Å². The molecule has 25 heavy (non-hydrogen) atoms. The first-order valence-electron chi connectivity index (χ1n) is 7.69. The van der Waals surface area contributed by atoms with Gasteiger partial charge >= 0.3 is 5.97 Å². The van der Waals surface area contributed by atoms with Crippen molar-refractivity contribution >= 4 is 17.6 Å². The first kappa shape index (κ1) is 17.0. The van der Waals surface area contributed by atoms with E-state index < -0.39 is 5.97 Å². The molecule has 5 heteroatoms. The molecule has 0 amide bonds. The predicted octanol–water partition coefficient (Wildman–Crippen LogP) is 4.77. The molecular formula is C20H16ClNO3. The molecule has 0 saturated heterocycles. The average Bonchev–Trinajstić information content (AvgIpc) is 2.66. The molecule has 0 spiro atoms. The second-order valence-electron chi connectivity index (χ2n) is 5.31. The fourth-order valence-corrected chi connectivity index (χ4v) is 2.64. The van der Waals surface area contributed by atoms with Crippen molar-refractivity contribution < 1.29 is 14.3 Å². The highest BCUT2D eigenvalue weighted by Gasteiger charge is 2.18. The zero-order chi connectivity index (χ0) is 17.6. The van der Waals surface area contributed by atoms with Crippen LogP contribution < -0.4 is 4.74 Å². The molecule has 4 nitrogen and oxygen atoms in total. The molecule has 1 aromatic heterocycles. The number of aromatic nitrogens is 1. The van der Waals surface area contributed by atoms with Crippen LogP contribution in [0.15, 0.2) is 66.9 Å². The molecule has 0 N–H and O–H groups in total. The number of benzene rings is 2. The monoisotopic (exact) mass is 353 g/mol. The van der Waals surface area contributed by atoms with Gasteiger partial charge in [0.2, 0.25) is 0 Å². The Morgan fingerprint density at radius 2 is 1.76 bits per heavy atom. The zero-order valence-electron chi connectivity index (χ0n) is 13.6. The van der Waals surface area contributed by atoms with E-state index in [1.807, 2.05) is 54.6 Å². The van der Waals surface area contributed by atoms with Gasteiger partial charge in [-0.05, 0) is 17.7 Å². The molecular weight excluding hydrogens is 338 g/mol. The van der Waals surface area contributed by atoms with E-state index in [9.17, 15) is 4.79 Å². The molecule has 3 aromatic rings. The molecule has 0 aliphatic rings. The fraction of sp³-hybridized carbons (Fsp3) is 0.100. The van der Waals surface area contributed by atoms with Gasteiger partial charge < -0.3 is 9.47 Å². The lowest BCUT2D eigenvalue weighted by molar-refractivity contribution is 0.0473. The summed E-state index contributed by atoms with van der Waals surface area (Å²) < 4.78 is 10.8. The Labute approximate surface area is 151 Å². The van der Waals surface area contributed by atoms with Crippen molar-refractivity contribution in [3.63, 3.8) is 0 Å². The minimum absolute atomic E-state index is 0.188. The van der Waals surface area contributed by atoms with E-state index in [0.717, 1.165) is 11.1 Å². The Morgan fingerprint density at radius 3 is 2.52 bits per heavy atom. The first-order chi connectivity index (χ1) is 12.2. The van der Waals surface area contributed by atoms with E-state index in [2.05, 4.69) is 4.98 Å². The maximum atomic E-state index is 12.6. The Morgan fingerprint density at radius 1 is 1.04 bits per heavy atom. The molecule has 0 fully saturated rings. The number of pyridine rings is 1. The van der Waals surface area contributed by atoms with Crippen molar-refractivity contribution in [2.75, 3.05) is 7.11 Å². The molecule has 0 radical (unpaired) electrons. The minimum Gasteiger partial charge on any atom is -0.496 e. The third kappa shape index (κ3) is 3.98. The summed E-state index contributed by atoms with van der Waals surface area (Å²) in [5.41, 5.74) is 2.62. The molecule has 0 unspecified atom stereocenters.